The summed E-state index contributed by atoms with van der Waals surface area (Å²) in [5, 5.41) is 7.88. The molecule has 0 saturated carbocycles. The van der Waals surface area contributed by atoms with Crippen molar-refractivity contribution in [1.29, 1.82) is 0 Å². The predicted molar refractivity (Wildman–Crippen MR) is 82.5 cm³/mol. The maximum absolute atomic E-state index is 12.1. The number of anilines is 1. The highest BCUT2D eigenvalue weighted by Gasteiger charge is 2.28. The fraction of sp³-hybridized carbons (Fsp3) is 0.462. The summed E-state index contributed by atoms with van der Waals surface area (Å²) in [5.41, 5.74) is 0.963. The molecule has 2 atom stereocenters. The number of hydrogen-bond donors (Lipinski definition) is 2. The zero-order valence-corrected chi connectivity index (χ0v) is 14.1. The zero-order chi connectivity index (χ0) is 15.8. The smallest absolute Gasteiger partial charge is 0.253 e. The van der Waals surface area contributed by atoms with Crippen molar-refractivity contribution in [2.75, 3.05) is 5.32 Å². The lowest BCUT2D eigenvalue weighted by atomic mass is 10.2. The first-order valence-electron chi connectivity index (χ1n) is 6.47. The average molecular weight is 377 g/mol. The summed E-state index contributed by atoms with van der Waals surface area (Å²) in [4.78, 5) is 12.1. The van der Waals surface area contributed by atoms with Crippen LogP contribution in [0.3, 0.4) is 0 Å². The molecule has 1 amide bonds. The number of rotatable bonds is 3. The minimum absolute atomic E-state index is 0.0260. The minimum atomic E-state index is -3.79. The van der Waals surface area contributed by atoms with E-state index in [4.69, 9.17) is 9.88 Å². The van der Waals surface area contributed by atoms with Crippen LogP contribution in [0, 0.1) is 6.92 Å². The first-order chi connectivity index (χ1) is 9.68. The van der Waals surface area contributed by atoms with E-state index in [2.05, 4.69) is 21.2 Å². The number of sulfonamides is 1. The molecule has 1 aliphatic heterocycles. The second kappa shape index (κ2) is 6.04. The number of hydrogen-bond acceptors (Lipinski definition) is 4. The van der Waals surface area contributed by atoms with E-state index < -0.39 is 16.1 Å². The van der Waals surface area contributed by atoms with Crippen LogP contribution in [0.5, 0.6) is 0 Å². The van der Waals surface area contributed by atoms with Gasteiger partial charge >= 0.3 is 0 Å². The number of benzene rings is 1. The van der Waals surface area contributed by atoms with Crippen molar-refractivity contribution in [2.45, 2.75) is 43.8 Å². The number of aryl methyl sites for hydroxylation is 1. The van der Waals surface area contributed by atoms with Crippen molar-refractivity contribution in [3.63, 3.8) is 0 Å². The lowest BCUT2D eigenvalue weighted by Gasteiger charge is -2.14. The monoisotopic (exact) mass is 376 g/mol. The average Bonchev–Trinajstić information content (AvgIpc) is 2.78. The third-order valence-corrected chi connectivity index (χ3v) is 5.06. The Hall–Kier alpha value is -0.960. The van der Waals surface area contributed by atoms with Crippen molar-refractivity contribution in [1.82, 2.24) is 0 Å². The number of primary sulfonamides is 1. The standard InChI is InChI=1S/C13H17BrN2O4S/c1-7-5-10(9(14)6-12(7)21(15,18)19)16-13(17)11-4-3-8(2)20-11/h5-6,8,11H,3-4H2,1-2H3,(H,16,17)(H2,15,18,19). The number of halogens is 1. The first kappa shape index (κ1) is 16.4. The quantitative estimate of drug-likeness (QED) is 0.841. The second-order valence-electron chi connectivity index (χ2n) is 5.14. The molecule has 1 heterocycles. The van der Waals surface area contributed by atoms with Gasteiger partial charge in [-0.15, -0.1) is 0 Å². The fourth-order valence-electron chi connectivity index (χ4n) is 2.27. The first-order valence-corrected chi connectivity index (χ1v) is 8.81. The van der Waals surface area contributed by atoms with E-state index in [1.165, 1.54) is 6.07 Å². The van der Waals surface area contributed by atoms with Gasteiger partial charge in [-0.25, -0.2) is 13.6 Å². The summed E-state index contributed by atoms with van der Waals surface area (Å²) in [7, 11) is -3.79. The van der Waals surface area contributed by atoms with Crippen LogP contribution < -0.4 is 10.5 Å². The van der Waals surface area contributed by atoms with E-state index in [0.717, 1.165) is 6.42 Å². The van der Waals surface area contributed by atoms with Crippen LogP contribution in [0.1, 0.15) is 25.3 Å². The molecule has 21 heavy (non-hydrogen) atoms. The molecule has 3 N–H and O–H groups in total. The molecule has 1 aliphatic rings. The van der Waals surface area contributed by atoms with E-state index in [-0.39, 0.29) is 16.9 Å². The van der Waals surface area contributed by atoms with E-state index in [1.54, 1.807) is 13.0 Å². The van der Waals surface area contributed by atoms with Crippen molar-refractivity contribution in [2.24, 2.45) is 5.14 Å². The van der Waals surface area contributed by atoms with Crippen molar-refractivity contribution >= 4 is 37.5 Å². The predicted octanol–water partition coefficient (Wildman–Crippen LogP) is 1.91. The van der Waals surface area contributed by atoms with Crippen molar-refractivity contribution in [3.8, 4) is 0 Å². The fourth-order valence-corrected chi connectivity index (χ4v) is 3.66. The maximum Gasteiger partial charge on any atom is 0.253 e. The Morgan fingerprint density at radius 1 is 1.43 bits per heavy atom. The summed E-state index contributed by atoms with van der Waals surface area (Å²) < 4.78 is 28.8. The van der Waals surface area contributed by atoms with Crippen LogP contribution >= 0.6 is 15.9 Å². The summed E-state index contributed by atoms with van der Waals surface area (Å²) in [6, 6.07) is 2.96. The van der Waals surface area contributed by atoms with E-state index >= 15 is 0 Å². The van der Waals surface area contributed by atoms with Gasteiger partial charge in [0.15, 0.2) is 0 Å². The maximum atomic E-state index is 12.1. The molecule has 2 unspecified atom stereocenters. The van der Waals surface area contributed by atoms with Crippen LogP contribution in [-0.4, -0.2) is 26.5 Å². The van der Waals surface area contributed by atoms with Gasteiger partial charge in [0.05, 0.1) is 16.7 Å². The lowest BCUT2D eigenvalue weighted by Crippen LogP contribution is -2.28. The third-order valence-electron chi connectivity index (χ3n) is 3.35. The Labute approximate surface area is 132 Å². The Balaban J connectivity index is 2.22. The largest absolute Gasteiger partial charge is 0.365 e. The summed E-state index contributed by atoms with van der Waals surface area (Å²) >= 11 is 3.25. The molecule has 0 aromatic heterocycles. The SMILES string of the molecule is Cc1cc(NC(=O)C2CCC(C)O2)c(Br)cc1S(N)(=O)=O. The summed E-state index contributed by atoms with van der Waals surface area (Å²) in [6.07, 6.45) is 1.14. The molecule has 0 radical (unpaired) electrons. The molecule has 0 spiro atoms. The number of nitrogens with one attached hydrogen (secondary N) is 1. The minimum Gasteiger partial charge on any atom is -0.365 e. The highest BCUT2D eigenvalue weighted by Crippen LogP contribution is 2.29. The molecular weight excluding hydrogens is 360 g/mol. The van der Waals surface area contributed by atoms with Crippen LogP contribution in [0.2, 0.25) is 0 Å². The number of ether oxygens (including phenoxy) is 1. The Morgan fingerprint density at radius 3 is 2.62 bits per heavy atom. The van der Waals surface area contributed by atoms with Gasteiger partial charge in [-0.3, -0.25) is 4.79 Å². The molecule has 6 nitrogen and oxygen atoms in total. The molecule has 0 aliphatic carbocycles. The molecule has 1 saturated heterocycles. The second-order valence-corrected chi connectivity index (χ2v) is 7.53. The van der Waals surface area contributed by atoms with Gasteiger partial charge in [-0.05, 0) is 60.3 Å². The Kier molecular flexibility index (Phi) is 4.72. The number of carbonyl (C=O) groups is 1. The van der Waals surface area contributed by atoms with Crippen molar-refractivity contribution < 1.29 is 17.9 Å². The molecule has 0 bridgehead atoms. The van der Waals surface area contributed by atoms with E-state index in [9.17, 15) is 13.2 Å². The summed E-state index contributed by atoms with van der Waals surface area (Å²) in [5.74, 6) is -0.234. The lowest BCUT2D eigenvalue weighted by molar-refractivity contribution is -0.126. The number of nitrogens with two attached hydrogens (primary N) is 1. The van der Waals surface area contributed by atoms with Crippen molar-refractivity contribution in [3.05, 3.63) is 22.2 Å². The molecular formula is C13H17BrN2O4S. The van der Waals surface area contributed by atoms with Gasteiger partial charge in [0.2, 0.25) is 10.0 Å². The number of amides is 1. The molecule has 1 aromatic rings. The molecule has 1 aromatic carbocycles. The van der Waals surface area contributed by atoms with Crippen LogP contribution in [0.25, 0.3) is 0 Å². The zero-order valence-electron chi connectivity index (χ0n) is 11.7. The molecule has 2 rings (SSSR count). The third kappa shape index (κ3) is 3.82. The Morgan fingerprint density at radius 2 is 2.10 bits per heavy atom. The van der Waals surface area contributed by atoms with Gasteiger partial charge in [-0.2, -0.15) is 0 Å². The molecule has 8 heteroatoms. The highest BCUT2D eigenvalue weighted by molar-refractivity contribution is 9.10. The van der Waals surface area contributed by atoms with Crippen LogP contribution in [0.4, 0.5) is 5.69 Å². The van der Waals surface area contributed by atoms with Gasteiger partial charge in [0, 0.05) is 4.47 Å². The van der Waals surface area contributed by atoms with Gasteiger partial charge < -0.3 is 10.1 Å². The van der Waals surface area contributed by atoms with Crippen LogP contribution in [0.15, 0.2) is 21.5 Å². The topological polar surface area (TPSA) is 98.5 Å². The van der Waals surface area contributed by atoms with Gasteiger partial charge in [-0.1, -0.05) is 0 Å². The highest BCUT2D eigenvalue weighted by atomic mass is 79.9. The van der Waals surface area contributed by atoms with Gasteiger partial charge in [0.25, 0.3) is 5.91 Å². The van der Waals surface area contributed by atoms with E-state index in [1.807, 2.05) is 6.92 Å². The van der Waals surface area contributed by atoms with Gasteiger partial charge in [0.1, 0.15) is 6.10 Å². The summed E-state index contributed by atoms with van der Waals surface area (Å²) in [6.45, 7) is 3.55. The Bertz CT molecular complexity index is 675. The molecule has 116 valence electrons. The number of carbonyl (C=O) groups excluding carboxylic acids is 1. The normalized spacial score (nSPS) is 22.3. The van der Waals surface area contributed by atoms with E-state index in [0.29, 0.717) is 22.1 Å². The molecule has 1 fully saturated rings. The van der Waals surface area contributed by atoms with Crippen LogP contribution in [-0.2, 0) is 19.6 Å².